The highest BCUT2D eigenvalue weighted by Crippen LogP contribution is 2.16. The average Bonchev–Trinajstić information content (AvgIpc) is 2.84. The first kappa shape index (κ1) is 32.2. The van der Waals surface area contributed by atoms with Gasteiger partial charge in [-0.3, -0.25) is 4.18 Å². The Labute approximate surface area is 219 Å². The minimum atomic E-state index is -3.60. The highest BCUT2D eigenvalue weighted by atomic mass is 32.2. The predicted octanol–water partition coefficient (Wildman–Crippen LogP) is 10.3. The van der Waals surface area contributed by atoms with Crippen LogP contribution in [-0.4, -0.2) is 15.0 Å². The van der Waals surface area contributed by atoms with Crippen molar-refractivity contribution in [2.24, 2.45) is 0 Å². The number of rotatable bonds is 25. The van der Waals surface area contributed by atoms with Gasteiger partial charge in [0.15, 0.2) is 0 Å². The van der Waals surface area contributed by atoms with Gasteiger partial charge in [-0.1, -0.05) is 159 Å². The Hall–Kier alpha value is -0.870. The Kier molecular flexibility index (Phi) is 20.5. The Morgan fingerprint density at radius 3 is 1.17 bits per heavy atom. The Morgan fingerprint density at radius 1 is 0.514 bits per heavy atom. The third-order valence-corrected chi connectivity index (χ3v) is 8.37. The number of hydrogen-bond donors (Lipinski definition) is 0. The number of aryl methyl sites for hydroxylation is 1. The van der Waals surface area contributed by atoms with Crippen molar-refractivity contribution in [3.8, 4) is 0 Å². The molecule has 0 aliphatic heterocycles. The van der Waals surface area contributed by atoms with Crippen LogP contribution in [-0.2, 0) is 14.3 Å². The molecule has 1 aromatic rings. The largest absolute Gasteiger partial charge is 0.296 e. The summed E-state index contributed by atoms with van der Waals surface area (Å²) in [6.45, 7) is 4.52. The molecule has 0 aliphatic carbocycles. The van der Waals surface area contributed by atoms with E-state index >= 15 is 0 Å². The van der Waals surface area contributed by atoms with Crippen molar-refractivity contribution in [1.29, 1.82) is 0 Å². The summed E-state index contributed by atoms with van der Waals surface area (Å²) >= 11 is 0. The molecule has 0 spiro atoms. The molecule has 0 unspecified atom stereocenters. The third kappa shape index (κ3) is 19.0. The lowest BCUT2D eigenvalue weighted by atomic mass is 10.0. The van der Waals surface area contributed by atoms with Gasteiger partial charge in [0.25, 0.3) is 10.1 Å². The van der Waals surface area contributed by atoms with E-state index in [1.165, 1.54) is 128 Å². The molecule has 0 aliphatic rings. The van der Waals surface area contributed by atoms with E-state index in [1.54, 1.807) is 24.3 Å². The van der Waals surface area contributed by atoms with Gasteiger partial charge < -0.3 is 0 Å². The van der Waals surface area contributed by atoms with Gasteiger partial charge in [0.1, 0.15) is 0 Å². The second kappa shape index (κ2) is 22.3. The lowest BCUT2D eigenvalue weighted by Crippen LogP contribution is -2.07. The van der Waals surface area contributed by atoms with Crippen molar-refractivity contribution in [3.63, 3.8) is 0 Å². The Bertz CT molecular complexity index is 682. The maximum atomic E-state index is 12.1. The van der Waals surface area contributed by atoms with E-state index in [9.17, 15) is 8.42 Å². The highest BCUT2D eigenvalue weighted by molar-refractivity contribution is 7.86. The molecule has 0 N–H and O–H groups in total. The molecule has 0 amide bonds. The lowest BCUT2D eigenvalue weighted by Gasteiger charge is -2.06. The van der Waals surface area contributed by atoms with Crippen LogP contribution in [0, 0.1) is 6.92 Å². The van der Waals surface area contributed by atoms with Crippen molar-refractivity contribution < 1.29 is 12.6 Å². The molecule has 0 atom stereocenters. The summed E-state index contributed by atoms with van der Waals surface area (Å²) in [5, 5.41) is 0. The van der Waals surface area contributed by atoms with Gasteiger partial charge in [0, 0.05) is 0 Å². The normalized spacial score (nSPS) is 11.8. The second-order valence-electron chi connectivity index (χ2n) is 10.5. The molecular formula is C31H56O3S. The first-order chi connectivity index (χ1) is 17.1. The van der Waals surface area contributed by atoms with Gasteiger partial charge in [0.05, 0.1) is 11.5 Å². The van der Waals surface area contributed by atoms with E-state index in [4.69, 9.17) is 4.18 Å². The van der Waals surface area contributed by atoms with Gasteiger partial charge in [-0.05, 0) is 25.5 Å². The maximum absolute atomic E-state index is 12.1. The van der Waals surface area contributed by atoms with Crippen molar-refractivity contribution >= 4 is 10.1 Å². The molecule has 204 valence electrons. The van der Waals surface area contributed by atoms with Crippen molar-refractivity contribution in [2.75, 3.05) is 6.61 Å². The molecule has 1 aromatic carbocycles. The van der Waals surface area contributed by atoms with E-state index in [1.807, 2.05) is 6.92 Å². The van der Waals surface area contributed by atoms with Crippen LogP contribution >= 0.6 is 0 Å². The van der Waals surface area contributed by atoms with Gasteiger partial charge in [-0.15, -0.1) is 0 Å². The molecule has 0 fully saturated rings. The molecule has 0 radical (unpaired) electrons. The fourth-order valence-electron chi connectivity index (χ4n) is 4.65. The number of unbranched alkanes of at least 4 members (excludes halogenated alkanes) is 21. The standard InChI is InChI=1S/C31H56O3S/c1-3-4-5-6-7-8-9-10-11-12-13-14-15-16-17-18-19-20-21-22-23-24-29-34-35(32,33)31-27-25-30(2)26-28-31/h25-28H,3-24,29H2,1-2H3. The molecule has 0 aromatic heterocycles. The summed E-state index contributed by atoms with van der Waals surface area (Å²) in [7, 11) is -3.60. The van der Waals surface area contributed by atoms with Crippen molar-refractivity contribution in [2.45, 2.75) is 160 Å². The second-order valence-corrected chi connectivity index (χ2v) is 12.1. The SMILES string of the molecule is CCCCCCCCCCCCCCCCCCCCCCCCOS(=O)(=O)c1ccc(C)cc1. The van der Waals surface area contributed by atoms with Crippen LogP contribution in [0.3, 0.4) is 0 Å². The minimum absolute atomic E-state index is 0.252. The van der Waals surface area contributed by atoms with Crippen LogP contribution in [0.15, 0.2) is 29.2 Å². The first-order valence-corrected chi connectivity index (χ1v) is 16.4. The van der Waals surface area contributed by atoms with Gasteiger partial charge in [-0.2, -0.15) is 8.42 Å². The summed E-state index contributed by atoms with van der Waals surface area (Å²) in [4.78, 5) is 0.252. The van der Waals surface area contributed by atoms with E-state index in [2.05, 4.69) is 6.92 Å². The summed E-state index contributed by atoms with van der Waals surface area (Å²) in [6, 6.07) is 6.83. The van der Waals surface area contributed by atoms with Crippen LogP contribution in [0.25, 0.3) is 0 Å². The number of hydrogen-bond acceptors (Lipinski definition) is 3. The molecule has 4 heteroatoms. The fourth-order valence-corrected chi connectivity index (χ4v) is 5.60. The zero-order valence-electron chi connectivity index (χ0n) is 23.2. The van der Waals surface area contributed by atoms with E-state index in [0.717, 1.165) is 18.4 Å². The molecule has 35 heavy (non-hydrogen) atoms. The predicted molar refractivity (Wildman–Crippen MR) is 152 cm³/mol. The molecular weight excluding hydrogens is 452 g/mol. The zero-order chi connectivity index (χ0) is 25.5. The molecule has 0 saturated heterocycles. The van der Waals surface area contributed by atoms with Gasteiger partial charge in [0.2, 0.25) is 0 Å². The maximum Gasteiger partial charge on any atom is 0.296 e. The Morgan fingerprint density at radius 2 is 0.829 bits per heavy atom. The monoisotopic (exact) mass is 508 g/mol. The first-order valence-electron chi connectivity index (χ1n) is 15.0. The van der Waals surface area contributed by atoms with Crippen LogP contribution < -0.4 is 0 Å². The smallest absolute Gasteiger partial charge is 0.266 e. The van der Waals surface area contributed by atoms with Crippen LogP contribution in [0.4, 0.5) is 0 Å². The van der Waals surface area contributed by atoms with E-state index < -0.39 is 10.1 Å². The molecule has 3 nitrogen and oxygen atoms in total. The van der Waals surface area contributed by atoms with Crippen molar-refractivity contribution in [3.05, 3.63) is 29.8 Å². The van der Waals surface area contributed by atoms with E-state index in [-0.39, 0.29) is 11.5 Å². The average molecular weight is 509 g/mol. The van der Waals surface area contributed by atoms with Crippen LogP contribution in [0.2, 0.25) is 0 Å². The summed E-state index contributed by atoms with van der Waals surface area (Å²) < 4.78 is 29.4. The zero-order valence-corrected chi connectivity index (χ0v) is 24.0. The minimum Gasteiger partial charge on any atom is -0.266 e. The summed E-state index contributed by atoms with van der Waals surface area (Å²) in [5.74, 6) is 0. The molecule has 0 saturated carbocycles. The summed E-state index contributed by atoms with van der Waals surface area (Å²) in [6.07, 6.45) is 29.8. The van der Waals surface area contributed by atoms with Gasteiger partial charge >= 0.3 is 0 Å². The quantitative estimate of drug-likeness (QED) is 0.0974. The van der Waals surface area contributed by atoms with Crippen molar-refractivity contribution in [1.82, 2.24) is 0 Å². The van der Waals surface area contributed by atoms with E-state index in [0.29, 0.717) is 0 Å². The topological polar surface area (TPSA) is 43.4 Å². The number of benzene rings is 1. The Balaban J connectivity index is 1.76. The molecule has 0 heterocycles. The molecule has 1 rings (SSSR count). The van der Waals surface area contributed by atoms with Crippen LogP contribution in [0.5, 0.6) is 0 Å². The van der Waals surface area contributed by atoms with Gasteiger partial charge in [-0.25, -0.2) is 0 Å². The molecule has 0 bridgehead atoms. The highest BCUT2D eigenvalue weighted by Gasteiger charge is 2.14. The fraction of sp³-hybridized carbons (Fsp3) is 0.806. The lowest BCUT2D eigenvalue weighted by molar-refractivity contribution is 0.306. The van der Waals surface area contributed by atoms with Crippen LogP contribution in [0.1, 0.15) is 154 Å². The summed E-state index contributed by atoms with van der Waals surface area (Å²) in [5.41, 5.74) is 1.04. The third-order valence-electron chi connectivity index (χ3n) is 7.05.